The molecule has 1 aromatic heterocycles. The van der Waals surface area contributed by atoms with Crippen molar-refractivity contribution >= 4 is 34.8 Å². The molecule has 2 rings (SSSR count). The standard InChI is InChI=1S/C11H17N3OS.ClH/c1-8-7-13-11(16-8)14-10(15)5-4-9-3-2-6-12-9;/h7,9,12H,2-6H2,1H3,(H,13,14,15);1H. The third-order valence-electron chi connectivity index (χ3n) is 2.75. The van der Waals surface area contributed by atoms with Crippen molar-refractivity contribution in [2.24, 2.45) is 0 Å². The Labute approximate surface area is 112 Å². The minimum absolute atomic E-state index is 0. The summed E-state index contributed by atoms with van der Waals surface area (Å²) in [5.41, 5.74) is 0. The van der Waals surface area contributed by atoms with E-state index in [1.54, 1.807) is 6.20 Å². The Morgan fingerprint density at radius 3 is 3.12 bits per heavy atom. The van der Waals surface area contributed by atoms with Crippen LogP contribution in [0.4, 0.5) is 5.13 Å². The van der Waals surface area contributed by atoms with Crippen LogP contribution in [-0.2, 0) is 4.79 Å². The Kier molecular flexibility index (Phi) is 5.88. The molecule has 2 N–H and O–H groups in total. The number of anilines is 1. The summed E-state index contributed by atoms with van der Waals surface area (Å²) in [6, 6.07) is 0.531. The van der Waals surface area contributed by atoms with Gasteiger partial charge in [-0.25, -0.2) is 4.98 Å². The zero-order valence-electron chi connectivity index (χ0n) is 9.86. The molecular weight excluding hydrogens is 258 g/mol. The van der Waals surface area contributed by atoms with Gasteiger partial charge in [-0.15, -0.1) is 23.7 Å². The number of rotatable bonds is 4. The molecular formula is C11H18ClN3OS. The lowest BCUT2D eigenvalue weighted by atomic mass is 10.1. The van der Waals surface area contributed by atoms with Crippen LogP contribution in [0.3, 0.4) is 0 Å². The molecule has 1 fully saturated rings. The Hall–Kier alpha value is -0.650. The average Bonchev–Trinajstić information content (AvgIpc) is 2.87. The van der Waals surface area contributed by atoms with Crippen LogP contribution in [0.15, 0.2) is 6.20 Å². The summed E-state index contributed by atoms with van der Waals surface area (Å²) in [6.07, 6.45) is 5.72. The van der Waals surface area contributed by atoms with Gasteiger partial charge < -0.3 is 10.6 Å². The van der Waals surface area contributed by atoms with Crippen molar-refractivity contribution in [3.05, 3.63) is 11.1 Å². The van der Waals surface area contributed by atoms with Gasteiger partial charge in [-0.3, -0.25) is 4.79 Å². The first-order chi connectivity index (χ1) is 7.74. The first-order valence-corrected chi connectivity index (χ1v) is 6.51. The van der Waals surface area contributed by atoms with E-state index >= 15 is 0 Å². The number of aromatic nitrogens is 1. The van der Waals surface area contributed by atoms with Gasteiger partial charge in [0.05, 0.1) is 0 Å². The molecule has 0 saturated carbocycles. The van der Waals surface area contributed by atoms with Crippen molar-refractivity contribution in [3.8, 4) is 0 Å². The van der Waals surface area contributed by atoms with E-state index in [1.807, 2.05) is 6.92 Å². The van der Waals surface area contributed by atoms with Crippen LogP contribution in [0.25, 0.3) is 0 Å². The van der Waals surface area contributed by atoms with Gasteiger partial charge in [0.15, 0.2) is 5.13 Å². The number of hydrogen-bond acceptors (Lipinski definition) is 4. The molecule has 1 saturated heterocycles. The molecule has 2 heterocycles. The predicted octanol–water partition coefficient (Wildman–Crippen LogP) is 2.34. The fourth-order valence-electron chi connectivity index (χ4n) is 1.90. The molecule has 0 spiro atoms. The molecule has 1 amide bonds. The summed E-state index contributed by atoms with van der Waals surface area (Å²) in [7, 11) is 0. The molecule has 0 radical (unpaired) electrons. The fourth-order valence-corrected chi connectivity index (χ4v) is 2.58. The number of amides is 1. The fraction of sp³-hybridized carbons (Fsp3) is 0.636. The lowest BCUT2D eigenvalue weighted by molar-refractivity contribution is -0.116. The van der Waals surface area contributed by atoms with Crippen LogP contribution in [0.1, 0.15) is 30.6 Å². The van der Waals surface area contributed by atoms with Crippen molar-refractivity contribution in [2.75, 3.05) is 11.9 Å². The topological polar surface area (TPSA) is 54.0 Å². The molecule has 6 heteroatoms. The van der Waals surface area contributed by atoms with Gasteiger partial charge in [-0.05, 0) is 32.7 Å². The predicted molar refractivity (Wildman–Crippen MR) is 73.0 cm³/mol. The Balaban J connectivity index is 0.00000144. The number of carbonyl (C=O) groups is 1. The van der Waals surface area contributed by atoms with Crippen LogP contribution >= 0.6 is 23.7 Å². The molecule has 0 bridgehead atoms. The molecule has 17 heavy (non-hydrogen) atoms. The van der Waals surface area contributed by atoms with E-state index in [2.05, 4.69) is 15.6 Å². The number of aryl methyl sites for hydroxylation is 1. The zero-order chi connectivity index (χ0) is 11.4. The summed E-state index contributed by atoms with van der Waals surface area (Å²) in [5, 5.41) is 6.92. The second-order valence-corrected chi connectivity index (χ2v) is 5.39. The molecule has 1 aromatic rings. The Morgan fingerprint density at radius 1 is 1.71 bits per heavy atom. The van der Waals surface area contributed by atoms with Gasteiger partial charge in [0.1, 0.15) is 0 Å². The lowest BCUT2D eigenvalue weighted by Crippen LogP contribution is -2.23. The van der Waals surface area contributed by atoms with E-state index in [9.17, 15) is 4.79 Å². The number of carbonyl (C=O) groups excluding carboxylic acids is 1. The molecule has 1 aliphatic heterocycles. The van der Waals surface area contributed by atoms with E-state index in [4.69, 9.17) is 0 Å². The van der Waals surface area contributed by atoms with Gasteiger partial charge >= 0.3 is 0 Å². The number of hydrogen-bond donors (Lipinski definition) is 2. The summed E-state index contributed by atoms with van der Waals surface area (Å²) < 4.78 is 0. The van der Waals surface area contributed by atoms with Gasteiger partial charge in [-0.2, -0.15) is 0 Å². The Bertz CT molecular complexity index is 363. The van der Waals surface area contributed by atoms with E-state index in [1.165, 1.54) is 24.2 Å². The monoisotopic (exact) mass is 275 g/mol. The van der Waals surface area contributed by atoms with Crippen molar-refractivity contribution in [3.63, 3.8) is 0 Å². The number of nitrogens with zero attached hydrogens (tertiary/aromatic N) is 1. The van der Waals surface area contributed by atoms with Crippen LogP contribution in [0.5, 0.6) is 0 Å². The second-order valence-electron chi connectivity index (χ2n) is 4.16. The summed E-state index contributed by atoms with van der Waals surface area (Å²) >= 11 is 1.52. The number of thiazole rings is 1. The summed E-state index contributed by atoms with van der Waals surface area (Å²) in [6.45, 7) is 3.08. The maximum Gasteiger partial charge on any atom is 0.226 e. The Morgan fingerprint density at radius 2 is 2.53 bits per heavy atom. The molecule has 4 nitrogen and oxygen atoms in total. The quantitative estimate of drug-likeness (QED) is 0.887. The highest BCUT2D eigenvalue weighted by Gasteiger charge is 2.15. The highest BCUT2D eigenvalue weighted by atomic mass is 35.5. The van der Waals surface area contributed by atoms with Crippen molar-refractivity contribution < 1.29 is 4.79 Å². The highest BCUT2D eigenvalue weighted by Crippen LogP contribution is 2.17. The molecule has 96 valence electrons. The van der Waals surface area contributed by atoms with Crippen molar-refractivity contribution in [1.29, 1.82) is 0 Å². The van der Waals surface area contributed by atoms with Crippen LogP contribution < -0.4 is 10.6 Å². The van der Waals surface area contributed by atoms with Crippen molar-refractivity contribution in [1.82, 2.24) is 10.3 Å². The largest absolute Gasteiger partial charge is 0.314 e. The normalized spacial score (nSPS) is 18.8. The van der Waals surface area contributed by atoms with Crippen LogP contribution in [0.2, 0.25) is 0 Å². The smallest absolute Gasteiger partial charge is 0.226 e. The molecule has 1 aliphatic rings. The van der Waals surface area contributed by atoms with Gasteiger partial charge in [0.25, 0.3) is 0 Å². The lowest BCUT2D eigenvalue weighted by Gasteiger charge is -2.08. The zero-order valence-corrected chi connectivity index (χ0v) is 11.5. The minimum atomic E-state index is 0. The third-order valence-corrected chi connectivity index (χ3v) is 3.58. The van der Waals surface area contributed by atoms with E-state index in [0.717, 1.165) is 17.8 Å². The second kappa shape index (κ2) is 6.93. The first-order valence-electron chi connectivity index (χ1n) is 5.70. The van der Waals surface area contributed by atoms with Crippen LogP contribution in [-0.4, -0.2) is 23.5 Å². The summed E-state index contributed by atoms with van der Waals surface area (Å²) in [5.74, 6) is 0.0723. The molecule has 0 aromatic carbocycles. The van der Waals surface area contributed by atoms with Gasteiger partial charge in [0, 0.05) is 23.5 Å². The molecule has 0 aliphatic carbocycles. The summed E-state index contributed by atoms with van der Waals surface area (Å²) in [4.78, 5) is 16.8. The van der Waals surface area contributed by atoms with Gasteiger partial charge in [-0.1, -0.05) is 0 Å². The molecule has 1 unspecified atom stereocenters. The van der Waals surface area contributed by atoms with Crippen molar-refractivity contribution in [2.45, 2.75) is 38.6 Å². The van der Waals surface area contributed by atoms with Crippen LogP contribution in [0, 0.1) is 6.92 Å². The average molecular weight is 276 g/mol. The van der Waals surface area contributed by atoms with E-state index in [-0.39, 0.29) is 18.3 Å². The molecule has 1 atom stereocenters. The maximum atomic E-state index is 11.6. The SMILES string of the molecule is Cc1cnc(NC(=O)CCC2CCCN2)s1.Cl. The number of nitrogens with one attached hydrogen (secondary N) is 2. The first kappa shape index (κ1) is 14.4. The van der Waals surface area contributed by atoms with E-state index < -0.39 is 0 Å². The number of halogens is 1. The van der Waals surface area contributed by atoms with E-state index in [0.29, 0.717) is 17.6 Å². The van der Waals surface area contributed by atoms with Gasteiger partial charge in [0.2, 0.25) is 5.91 Å². The maximum absolute atomic E-state index is 11.6. The third kappa shape index (κ3) is 4.61. The minimum Gasteiger partial charge on any atom is -0.314 e. The highest BCUT2D eigenvalue weighted by molar-refractivity contribution is 7.15.